The number of anilines is 1. The topological polar surface area (TPSA) is 46.6 Å². The van der Waals surface area contributed by atoms with E-state index in [1.54, 1.807) is 35.2 Å². The molecule has 1 aliphatic heterocycles. The molecule has 0 spiro atoms. The lowest BCUT2D eigenvalue weighted by atomic mass is 9.80. The van der Waals surface area contributed by atoms with Gasteiger partial charge in [0.25, 0.3) is 0 Å². The average Bonchev–Trinajstić information content (AvgIpc) is 3.51. The molecule has 0 radical (unpaired) electrons. The Morgan fingerprint density at radius 3 is 2.44 bits per heavy atom. The summed E-state index contributed by atoms with van der Waals surface area (Å²) in [4.78, 5) is 27.5. The molecule has 1 atom stereocenters. The fraction of sp³-hybridized carbons (Fsp3) is 0.310. The van der Waals surface area contributed by atoms with Crippen LogP contribution in [-0.4, -0.2) is 24.2 Å². The molecule has 4 nitrogen and oxygen atoms in total. The van der Waals surface area contributed by atoms with Gasteiger partial charge in [-0.15, -0.1) is 11.8 Å². The highest BCUT2D eigenvalue weighted by molar-refractivity contribution is 8.00. The fourth-order valence-electron chi connectivity index (χ4n) is 5.27. The SMILES string of the molecule is Cc1cc(C(=O)OCC2(c3ccc(Cl)cc3)CCCC2)ccc1N1C(=O)CSC1c1ccc(F)cc1. The number of carbonyl (C=O) groups excluding carboxylic acids is 2. The average molecular weight is 524 g/mol. The largest absolute Gasteiger partial charge is 0.461 e. The van der Waals surface area contributed by atoms with Gasteiger partial charge in [0.1, 0.15) is 17.8 Å². The molecule has 0 aromatic heterocycles. The predicted octanol–water partition coefficient (Wildman–Crippen LogP) is 7.23. The lowest BCUT2D eigenvalue weighted by Crippen LogP contribution is -2.30. The van der Waals surface area contributed by atoms with Crippen LogP contribution in [0, 0.1) is 12.7 Å². The molecule has 1 amide bonds. The van der Waals surface area contributed by atoms with E-state index in [4.69, 9.17) is 16.3 Å². The summed E-state index contributed by atoms with van der Waals surface area (Å²) in [6.07, 6.45) is 4.15. The molecular weight excluding hydrogens is 497 g/mol. The fourth-order valence-corrected chi connectivity index (χ4v) is 6.57. The van der Waals surface area contributed by atoms with Crippen molar-refractivity contribution >= 4 is 40.9 Å². The number of ether oxygens (including phenoxy) is 1. The van der Waals surface area contributed by atoms with Crippen molar-refractivity contribution in [3.8, 4) is 0 Å². The summed E-state index contributed by atoms with van der Waals surface area (Å²) in [5.41, 5.74) is 3.83. The van der Waals surface area contributed by atoms with E-state index in [0.717, 1.165) is 48.1 Å². The Kier molecular flexibility index (Phi) is 7.09. The number of carbonyl (C=O) groups is 2. The number of thioether (sulfide) groups is 1. The molecular formula is C29H27ClFNO3S. The number of halogens is 2. The molecule has 3 aromatic carbocycles. The first-order valence-electron chi connectivity index (χ1n) is 12.1. The highest BCUT2D eigenvalue weighted by atomic mass is 35.5. The first kappa shape index (κ1) is 24.8. The Morgan fingerprint density at radius 1 is 1.08 bits per heavy atom. The molecule has 2 aliphatic rings. The van der Waals surface area contributed by atoms with Crippen molar-refractivity contribution in [2.24, 2.45) is 0 Å². The zero-order chi connectivity index (χ0) is 25.3. The molecule has 1 saturated carbocycles. The van der Waals surface area contributed by atoms with Gasteiger partial charge in [0.05, 0.1) is 11.3 Å². The van der Waals surface area contributed by atoms with Crippen LogP contribution < -0.4 is 4.90 Å². The van der Waals surface area contributed by atoms with Crippen molar-refractivity contribution in [3.05, 3.63) is 99.8 Å². The number of esters is 1. The third kappa shape index (κ3) is 4.89. The highest BCUT2D eigenvalue weighted by Gasteiger charge is 2.38. The van der Waals surface area contributed by atoms with Crippen LogP contribution in [0.5, 0.6) is 0 Å². The monoisotopic (exact) mass is 523 g/mol. The predicted molar refractivity (Wildman–Crippen MR) is 142 cm³/mol. The van der Waals surface area contributed by atoms with Crippen molar-refractivity contribution in [1.82, 2.24) is 0 Å². The minimum atomic E-state index is -0.373. The van der Waals surface area contributed by atoms with Crippen LogP contribution in [0.15, 0.2) is 66.7 Å². The van der Waals surface area contributed by atoms with E-state index in [2.05, 4.69) is 0 Å². The number of hydrogen-bond acceptors (Lipinski definition) is 4. The van der Waals surface area contributed by atoms with Gasteiger partial charge in [-0.1, -0.05) is 48.7 Å². The minimum absolute atomic E-state index is 0.0149. The van der Waals surface area contributed by atoms with E-state index in [0.29, 0.717) is 22.9 Å². The van der Waals surface area contributed by atoms with Gasteiger partial charge in [0, 0.05) is 16.1 Å². The van der Waals surface area contributed by atoms with E-state index < -0.39 is 0 Å². The Bertz CT molecular complexity index is 1270. The molecule has 36 heavy (non-hydrogen) atoms. The Hall–Kier alpha value is -2.83. The highest BCUT2D eigenvalue weighted by Crippen LogP contribution is 2.44. The van der Waals surface area contributed by atoms with E-state index in [1.807, 2.05) is 31.2 Å². The minimum Gasteiger partial charge on any atom is -0.461 e. The maximum absolute atomic E-state index is 13.4. The smallest absolute Gasteiger partial charge is 0.338 e. The number of nitrogens with zero attached hydrogens (tertiary/aromatic N) is 1. The molecule has 7 heteroatoms. The molecule has 5 rings (SSSR count). The lowest BCUT2D eigenvalue weighted by Gasteiger charge is -2.29. The second kappa shape index (κ2) is 10.3. The molecule has 0 N–H and O–H groups in total. The maximum Gasteiger partial charge on any atom is 0.338 e. The van der Waals surface area contributed by atoms with Gasteiger partial charge < -0.3 is 4.74 Å². The third-order valence-electron chi connectivity index (χ3n) is 7.21. The van der Waals surface area contributed by atoms with Gasteiger partial charge in [-0.2, -0.15) is 0 Å². The molecule has 2 fully saturated rings. The van der Waals surface area contributed by atoms with E-state index in [9.17, 15) is 14.0 Å². The van der Waals surface area contributed by atoms with Gasteiger partial charge in [0.2, 0.25) is 5.91 Å². The quantitative estimate of drug-likeness (QED) is 0.320. The van der Waals surface area contributed by atoms with Crippen molar-refractivity contribution in [1.29, 1.82) is 0 Å². The number of rotatable bonds is 6. The summed E-state index contributed by atoms with van der Waals surface area (Å²) < 4.78 is 19.3. The van der Waals surface area contributed by atoms with Crippen LogP contribution in [0.1, 0.15) is 58.1 Å². The summed E-state index contributed by atoms with van der Waals surface area (Å²) in [6, 6.07) is 19.4. The summed E-state index contributed by atoms with van der Waals surface area (Å²) in [7, 11) is 0. The molecule has 1 heterocycles. The van der Waals surface area contributed by atoms with Gasteiger partial charge in [-0.3, -0.25) is 9.69 Å². The standard InChI is InChI=1S/C29H27ClFNO3S/c1-19-16-21(28(34)35-18-29(14-2-3-15-29)22-7-9-23(30)10-8-22)6-13-25(19)32-26(33)17-36-27(32)20-4-11-24(31)12-5-20/h4-13,16,27H,2-3,14-15,17-18H2,1H3. The van der Waals surface area contributed by atoms with E-state index in [-0.39, 0.29) is 28.5 Å². The van der Waals surface area contributed by atoms with Crippen molar-refractivity contribution in [2.75, 3.05) is 17.3 Å². The van der Waals surface area contributed by atoms with Gasteiger partial charge in [-0.05, 0) is 78.9 Å². The van der Waals surface area contributed by atoms with Crippen LogP contribution in [0.4, 0.5) is 10.1 Å². The zero-order valence-corrected chi connectivity index (χ0v) is 21.6. The van der Waals surface area contributed by atoms with Gasteiger partial charge in [0.15, 0.2) is 0 Å². The number of hydrogen-bond donors (Lipinski definition) is 0. The Labute approximate surface area is 219 Å². The van der Waals surface area contributed by atoms with E-state index in [1.165, 1.54) is 23.9 Å². The molecule has 1 unspecified atom stereocenters. The maximum atomic E-state index is 13.4. The summed E-state index contributed by atoms with van der Waals surface area (Å²) in [5, 5.41) is 0.451. The molecule has 186 valence electrons. The zero-order valence-electron chi connectivity index (χ0n) is 20.0. The second-order valence-corrected chi connectivity index (χ2v) is 11.1. The molecule has 1 aliphatic carbocycles. The second-order valence-electron chi connectivity index (χ2n) is 9.55. The lowest BCUT2D eigenvalue weighted by molar-refractivity contribution is -0.115. The van der Waals surface area contributed by atoms with Crippen LogP contribution in [0.25, 0.3) is 0 Å². The van der Waals surface area contributed by atoms with Crippen molar-refractivity contribution < 1.29 is 18.7 Å². The van der Waals surface area contributed by atoms with Crippen LogP contribution in [0.2, 0.25) is 5.02 Å². The summed E-state index contributed by atoms with van der Waals surface area (Å²) >= 11 is 7.58. The van der Waals surface area contributed by atoms with Crippen LogP contribution in [0.3, 0.4) is 0 Å². The van der Waals surface area contributed by atoms with Crippen LogP contribution in [-0.2, 0) is 14.9 Å². The Morgan fingerprint density at radius 2 is 1.78 bits per heavy atom. The number of benzene rings is 3. The first-order chi connectivity index (χ1) is 17.4. The van der Waals surface area contributed by atoms with Gasteiger partial charge in [-0.25, -0.2) is 9.18 Å². The number of amides is 1. The summed E-state index contributed by atoms with van der Waals surface area (Å²) in [5.74, 6) is -0.354. The summed E-state index contributed by atoms with van der Waals surface area (Å²) in [6.45, 7) is 2.21. The molecule has 0 bridgehead atoms. The van der Waals surface area contributed by atoms with Gasteiger partial charge >= 0.3 is 5.97 Å². The third-order valence-corrected chi connectivity index (χ3v) is 8.68. The van der Waals surface area contributed by atoms with Crippen molar-refractivity contribution in [3.63, 3.8) is 0 Å². The normalized spacial score (nSPS) is 19.0. The Balaban J connectivity index is 1.33. The molecule has 1 saturated heterocycles. The number of aryl methyl sites for hydroxylation is 1. The van der Waals surface area contributed by atoms with Crippen LogP contribution >= 0.6 is 23.4 Å². The van der Waals surface area contributed by atoms with E-state index >= 15 is 0 Å². The molecule has 3 aromatic rings. The van der Waals surface area contributed by atoms with Crippen molar-refractivity contribution in [2.45, 2.75) is 43.4 Å². The first-order valence-corrected chi connectivity index (χ1v) is 13.5.